The van der Waals surface area contributed by atoms with Crippen LogP contribution >= 0.6 is 23.2 Å². The second kappa shape index (κ2) is 8.08. The quantitative estimate of drug-likeness (QED) is 0.503. The summed E-state index contributed by atoms with van der Waals surface area (Å²) in [5, 5.41) is 16.3. The van der Waals surface area contributed by atoms with Crippen molar-refractivity contribution in [2.24, 2.45) is 5.10 Å². The van der Waals surface area contributed by atoms with E-state index in [0.29, 0.717) is 16.3 Å². The summed E-state index contributed by atoms with van der Waals surface area (Å²) in [5.41, 5.74) is 2.86. The van der Waals surface area contributed by atoms with Gasteiger partial charge in [-0.2, -0.15) is 5.10 Å². The fourth-order valence-corrected chi connectivity index (χ4v) is 2.71. The zero-order chi connectivity index (χ0) is 18.5. The van der Waals surface area contributed by atoms with E-state index in [1.54, 1.807) is 24.3 Å². The van der Waals surface area contributed by atoms with E-state index in [9.17, 15) is 9.90 Å². The van der Waals surface area contributed by atoms with Crippen LogP contribution in [0, 0.1) is 0 Å². The van der Waals surface area contributed by atoms with Crippen LogP contribution in [0.4, 0.5) is 0 Å². The average molecular weight is 389 g/mol. The Morgan fingerprint density at radius 3 is 2.77 bits per heavy atom. The van der Waals surface area contributed by atoms with Gasteiger partial charge in [-0.15, -0.1) is 0 Å². The first-order valence-corrected chi connectivity index (χ1v) is 8.41. The van der Waals surface area contributed by atoms with Gasteiger partial charge in [0.15, 0.2) is 6.61 Å². The normalized spacial score (nSPS) is 11.0. The lowest BCUT2D eigenvalue weighted by Crippen LogP contribution is -2.24. The van der Waals surface area contributed by atoms with Crippen molar-refractivity contribution in [3.8, 4) is 11.5 Å². The van der Waals surface area contributed by atoms with E-state index >= 15 is 0 Å². The van der Waals surface area contributed by atoms with E-state index in [1.807, 2.05) is 30.3 Å². The van der Waals surface area contributed by atoms with Gasteiger partial charge < -0.3 is 9.84 Å². The van der Waals surface area contributed by atoms with E-state index in [2.05, 4.69) is 10.5 Å². The van der Waals surface area contributed by atoms with Crippen molar-refractivity contribution in [1.29, 1.82) is 0 Å². The van der Waals surface area contributed by atoms with Gasteiger partial charge in [-0.1, -0.05) is 59.6 Å². The molecule has 3 rings (SSSR count). The highest BCUT2D eigenvalue weighted by atomic mass is 35.5. The average Bonchev–Trinajstić information content (AvgIpc) is 2.65. The highest BCUT2D eigenvalue weighted by molar-refractivity contribution is 6.42. The first-order chi connectivity index (χ1) is 12.6. The largest absolute Gasteiger partial charge is 0.507 e. The highest BCUT2D eigenvalue weighted by Gasteiger charge is 2.08. The molecule has 0 atom stereocenters. The third-order valence-corrected chi connectivity index (χ3v) is 4.41. The zero-order valence-electron chi connectivity index (χ0n) is 13.4. The van der Waals surface area contributed by atoms with Crippen molar-refractivity contribution in [3.05, 3.63) is 70.2 Å². The molecule has 0 saturated carbocycles. The van der Waals surface area contributed by atoms with Gasteiger partial charge in [-0.05, 0) is 29.0 Å². The van der Waals surface area contributed by atoms with Gasteiger partial charge in [0, 0.05) is 5.56 Å². The fourth-order valence-electron chi connectivity index (χ4n) is 2.36. The lowest BCUT2D eigenvalue weighted by atomic mass is 10.0. The van der Waals surface area contributed by atoms with Crippen LogP contribution < -0.4 is 10.2 Å². The van der Waals surface area contributed by atoms with Gasteiger partial charge in [0.1, 0.15) is 16.5 Å². The third kappa shape index (κ3) is 4.07. The monoisotopic (exact) mass is 388 g/mol. The summed E-state index contributed by atoms with van der Waals surface area (Å²) in [4.78, 5) is 11.9. The fraction of sp³-hybridized carbons (Fsp3) is 0.0526. The number of hydrogen-bond donors (Lipinski definition) is 2. The Labute approximate surface area is 159 Å². The maximum atomic E-state index is 11.9. The molecular formula is C19H14Cl2N2O3. The van der Waals surface area contributed by atoms with E-state index in [0.717, 1.165) is 10.8 Å². The molecule has 2 N–H and O–H groups in total. The molecule has 0 saturated heterocycles. The summed E-state index contributed by atoms with van der Waals surface area (Å²) in [5.74, 6) is -0.0920. The number of rotatable bonds is 5. The molecule has 0 fully saturated rings. The molecule has 0 aliphatic heterocycles. The Balaban J connectivity index is 1.65. The SMILES string of the molecule is O=C(COc1cccc(Cl)c1Cl)N/N=C\c1c(O)ccc2ccccc12. The third-order valence-electron chi connectivity index (χ3n) is 3.61. The van der Waals surface area contributed by atoms with Gasteiger partial charge in [0.25, 0.3) is 5.91 Å². The molecule has 0 radical (unpaired) electrons. The predicted molar refractivity (Wildman–Crippen MR) is 103 cm³/mol. The van der Waals surface area contributed by atoms with Crippen LogP contribution in [-0.2, 0) is 4.79 Å². The number of ether oxygens (including phenoxy) is 1. The number of carbonyl (C=O) groups excluding carboxylic acids is 1. The van der Waals surface area contributed by atoms with Crippen molar-refractivity contribution in [2.75, 3.05) is 6.61 Å². The van der Waals surface area contributed by atoms with E-state index in [-0.39, 0.29) is 17.4 Å². The molecule has 7 heteroatoms. The molecule has 0 spiro atoms. The minimum absolute atomic E-state index is 0.0728. The van der Waals surface area contributed by atoms with Crippen molar-refractivity contribution < 1.29 is 14.6 Å². The standard InChI is InChI=1S/C19H14Cl2N2O3/c20-15-6-3-7-17(19(15)21)26-11-18(25)23-22-10-14-13-5-2-1-4-12(13)8-9-16(14)24/h1-10,24H,11H2,(H,23,25)/b22-10-. The van der Waals surface area contributed by atoms with E-state index in [1.165, 1.54) is 6.21 Å². The number of aromatic hydroxyl groups is 1. The molecule has 1 amide bonds. The number of phenols is 1. The van der Waals surface area contributed by atoms with Crippen LogP contribution in [0.3, 0.4) is 0 Å². The number of halogens is 2. The minimum Gasteiger partial charge on any atom is -0.507 e. The molecule has 0 unspecified atom stereocenters. The Morgan fingerprint density at radius 1 is 1.12 bits per heavy atom. The number of amides is 1. The topological polar surface area (TPSA) is 70.9 Å². The lowest BCUT2D eigenvalue weighted by Gasteiger charge is -2.08. The summed E-state index contributed by atoms with van der Waals surface area (Å²) in [7, 11) is 0. The van der Waals surface area contributed by atoms with Gasteiger partial charge in [0.05, 0.1) is 11.2 Å². The molecule has 26 heavy (non-hydrogen) atoms. The molecule has 5 nitrogen and oxygen atoms in total. The second-order valence-electron chi connectivity index (χ2n) is 5.35. The Kier molecular flexibility index (Phi) is 5.61. The number of hydrogen-bond acceptors (Lipinski definition) is 4. The van der Waals surface area contributed by atoms with Crippen LogP contribution in [0.2, 0.25) is 10.0 Å². The van der Waals surface area contributed by atoms with Crippen molar-refractivity contribution in [1.82, 2.24) is 5.43 Å². The van der Waals surface area contributed by atoms with Crippen LogP contribution in [0.1, 0.15) is 5.56 Å². The highest BCUT2D eigenvalue weighted by Crippen LogP contribution is 2.31. The number of phenolic OH excluding ortho intramolecular Hbond substituents is 1. The summed E-state index contributed by atoms with van der Waals surface area (Å²) < 4.78 is 5.32. The number of hydrazone groups is 1. The summed E-state index contributed by atoms with van der Waals surface area (Å²) in [6.07, 6.45) is 1.39. The smallest absolute Gasteiger partial charge is 0.277 e. The van der Waals surface area contributed by atoms with Gasteiger partial charge in [0.2, 0.25) is 0 Å². The zero-order valence-corrected chi connectivity index (χ0v) is 15.0. The molecular weight excluding hydrogens is 375 g/mol. The summed E-state index contributed by atoms with van der Waals surface area (Å²) in [6, 6.07) is 15.8. The van der Waals surface area contributed by atoms with Crippen LogP contribution in [0.25, 0.3) is 10.8 Å². The molecule has 0 heterocycles. The molecule has 0 bridgehead atoms. The van der Waals surface area contributed by atoms with Crippen molar-refractivity contribution >= 4 is 46.1 Å². The Morgan fingerprint density at radius 2 is 1.92 bits per heavy atom. The van der Waals surface area contributed by atoms with Gasteiger partial charge in [-0.25, -0.2) is 5.43 Å². The number of fused-ring (bicyclic) bond motifs is 1. The molecule has 3 aromatic carbocycles. The van der Waals surface area contributed by atoms with Gasteiger partial charge >= 0.3 is 0 Å². The maximum absolute atomic E-state index is 11.9. The second-order valence-corrected chi connectivity index (χ2v) is 6.14. The Hall–Kier alpha value is -2.76. The molecule has 0 aromatic heterocycles. The maximum Gasteiger partial charge on any atom is 0.277 e. The van der Waals surface area contributed by atoms with Crippen molar-refractivity contribution in [3.63, 3.8) is 0 Å². The molecule has 3 aromatic rings. The van der Waals surface area contributed by atoms with Crippen LogP contribution in [-0.4, -0.2) is 23.8 Å². The number of carbonyl (C=O) groups is 1. The Bertz CT molecular complexity index is 990. The lowest BCUT2D eigenvalue weighted by molar-refractivity contribution is -0.123. The first-order valence-electron chi connectivity index (χ1n) is 7.65. The summed E-state index contributed by atoms with van der Waals surface area (Å²) >= 11 is 11.9. The summed E-state index contributed by atoms with van der Waals surface area (Å²) in [6.45, 7) is -0.279. The van der Waals surface area contributed by atoms with E-state index in [4.69, 9.17) is 27.9 Å². The van der Waals surface area contributed by atoms with E-state index < -0.39 is 5.91 Å². The molecule has 0 aliphatic carbocycles. The van der Waals surface area contributed by atoms with Gasteiger partial charge in [-0.3, -0.25) is 4.79 Å². The van der Waals surface area contributed by atoms with Crippen molar-refractivity contribution in [2.45, 2.75) is 0 Å². The number of nitrogens with one attached hydrogen (secondary N) is 1. The number of nitrogens with zero attached hydrogens (tertiary/aromatic N) is 1. The molecule has 132 valence electrons. The van der Waals surface area contributed by atoms with Crippen LogP contribution in [0.5, 0.6) is 11.5 Å². The first kappa shape index (κ1) is 18.0. The minimum atomic E-state index is -0.475. The predicted octanol–water partition coefficient (Wildman–Crippen LogP) is 4.38. The molecule has 0 aliphatic rings. The number of benzene rings is 3. The van der Waals surface area contributed by atoms with Crippen LogP contribution in [0.15, 0.2) is 59.7 Å².